The number of hydrogen-bond donors (Lipinski definition) is 1. The van der Waals surface area contributed by atoms with Gasteiger partial charge in [-0.15, -0.1) is 0 Å². The van der Waals surface area contributed by atoms with E-state index in [1.807, 2.05) is 46.8 Å². The van der Waals surface area contributed by atoms with E-state index in [1.54, 1.807) is 26.2 Å². The monoisotopic (exact) mass is 657 g/mol. The van der Waals surface area contributed by atoms with Crippen LogP contribution in [0.5, 0.6) is 17.4 Å². The molecule has 1 N–H and O–H groups in total. The Kier molecular flexibility index (Phi) is 9.09. The van der Waals surface area contributed by atoms with Gasteiger partial charge in [-0.25, -0.2) is 4.98 Å². The maximum absolute atomic E-state index is 13.5. The van der Waals surface area contributed by atoms with Crippen molar-refractivity contribution < 1.29 is 32.2 Å². The second-order valence-electron chi connectivity index (χ2n) is 11.7. The van der Waals surface area contributed by atoms with Crippen LogP contribution < -0.4 is 14.8 Å². The highest BCUT2D eigenvalue weighted by molar-refractivity contribution is 6.04. The number of halogens is 3. The Morgan fingerprint density at radius 1 is 0.896 bits per heavy atom. The summed E-state index contributed by atoms with van der Waals surface area (Å²) >= 11 is 0. The number of alkyl halides is 3. The lowest BCUT2D eigenvalue weighted by atomic mass is 10.1. The van der Waals surface area contributed by atoms with Gasteiger partial charge in [-0.3, -0.25) is 14.5 Å². The van der Waals surface area contributed by atoms with Crippen LogP contribution in [0.2, 0.25) is 0 Å². The first-order valence-corrected chi connectivity index (χ1v) is 15.4. The minimum absolute atomic E-state index is 0.0218. The molecule has 0 radical (unpaired) electrons. The second kappa shape index (κ2) is 13.4. The molecule has 5 aromatic rings. The molecule has 48 heavy (non-hydrogen) atoms. The minimum atomic E-state index is -4.48. The molecule has 0 aliphatic carbocycles. The summed E-state index contributed by atoms with van der Waals surface area (Å²) < 4.78 is 51.7. The highest BCUT2D eigenvalue weighted by atomic mass is 19.4. The molecule has 3 heterocycles. The number of nitrogens with one attached hydrogen (secondary N) is 1. The Morgan fingerprint density at radius 2 is 1.58 bits per heavy atom. The minimum Gasteiger partial charge on any atom is -0.497 e. The van der Waals surface area contributed by atoms with Gasteiger partial charge in [0.05, 0.1) is 24.6 Å². The zero-order chi connectivity index (χ0) is 34.0. The third-order valence-electron chi connectivity index (χ3n) is 8.49. The highest BCUT2D eigenvalue weighted by Crippen LogP contribution is 2.31. The Hall–Kier alpha value is -5.36. The number of nitrogens with zero attached hydrogens (tertiary/aromatic N) is 4. The van der Waals surface area contributed by atoms with Gasteiger partial charge in [-0.1, -0.05) is 12.1 Å². The van der Waals surface area contributed by atoms with Gasteiger partial charge < -0.3 is 24.3 Å². The predicted octanol–water partition coefficient (Wildman–Crippen LogP) is 6.91. The fraction of sp³-hybridized carbons (Fsp3) is 0.250. The van der Waals surface area contributed by atoms with Crippen molar-refractivity contribution in [3.63, 3.8) is 0 Å². The number of pyridine rings is 1. The lowest BCUT2D eigenvalue weighted by Gasteiger charge is -2.34. The van der Waals surface area contributed by atoms with E-state index in [1.165, 1.54) is 11.8 Å². The number of ether oxygens (including phenoxy) is 2. The molecular weight excluding hydrogens is 623 g/mol. The SMILES string of the molecule is COc1ccc(CN2CCN(C(=O)c3cc4cc(Oc5cc(C)c(NC(=O)c6ccc(C(F)(F)F)cc6)cn5)ccc4n3C)CC2)cc1. The fourth-order valence-electron chi connectivity index (χ4n) is 5.70. The van der Waals surface area contributed by atoms with E-state index >= 15 is 0 Å². The van der Waals surface area contributed by atoms with Crippen LogP contribution in [0.3, 0.4) is 0 Å². The summed E-state index contributed by atoms with van der Waals surface area (Å²) in [5.41, 5.74) is 2.98. The molecule has 12 heteroatoms. The highest BCUT2D eigenvalue weighted by Gasteiger charge is 2.30. The zero-order valence-electron chi connectivity index (χ0n) is 26.7. The Morgan fingerprint density at radius 3 is 2.23 bits per heavy atom. The molecule has 3 aromatic carbocycles. The smallest absolute Gasteiger partial charge is 0.416 e. The Labute approximate surface area is 275 Å². The van der Waals surface area contributed by atoms with E-state index in [0.717, 1.165) is 60.6 Å². The number of anilines is 1. The number of benzene rings is 3. The number of methoxy groups -OCH3 is 1. The van der Waals surface area contributed by atoms with E-state index in [2.05, 4.69) is 27.3 Å². The van der Waals surface area contributed by atoms with Crippen molar-refractivity contribution in [1.29, 1.82) is 0 Å². The molecule has 0 atom stereocenters. The first kappa shape index (κ1) is 32.6. The Balaban J connectivity index is 1.07. The average molecular weight is 658 g/mol. The van der Waals surface area contributed by atoms with Crippen molar-refractivity contribution in [2.24, 2.45) is 7.05 Å². The van der Waals surface area contributed by atoms with Crippen molar-refractivity contribution in [1.82, 2.24) is 19.4 Å². The summed E-state index contributed by atoms with van der Waals surface area (Å²) in [5, 5.41) is 3.52. The van der Waals surface area contributed by atoms with Crippen LogP contribution in [0.1, 0.15) is 37.5 Å². The number of fused-ring (bicyclic) bond motifs is 1. The van der Waals surface area contributed by atoms with Crippen LogP contribution in [0.15, 0.2) is 85.1 Å². The first-order valence-electron chi connectivity index (χ1n) is 15.4. The molecule has 0 saturated carbocycles. The number of piperazine rings is 1. The molecule has 0 bridgehead atoms. The lowest BCUT2D eigenvalue weighted by Crippen LogP contribution is -2.48. The molecule has 6 rings (SSSR count). The molecule has 1 aliphatic rings. The summed E-state index contributed by atoms with van der Waals surface area (Å²) in [6.07, 6.45) is -3.05. The van der Waals surface area contributed by atoms with Crippen molar-refractivity contribution in [2.45, 2.75) is 19.6 Å². The van der Waals surface area contributed by atoms with Crippen molar-refractivity contribution in [3.05, 3.63) is 113 Å². The maximum atomic E-state index is 13.5. The summed E-state index contributed by atoms with van der Waals surface area (Å²) in [5.74, 6) is 1.06. The van der Waals surface area contributed by atoms with Crippen LogP contribution in [0.25, 0.3) is 10.9 Å². The average Bonchev–Trinajstić information content (AvgIpc) is 3.41. The molecule has 9 nitrogen and oxygen atoms in total. The van der Waals surface area contributed by atoms with Gasteiger partial charge in [-0.2, -0.15) is 13.2 Å². The number of aryl methyl sites for hydroxylation is 2. The van der Waals surface area contributed by atoms with Crippen LogP contribution in [0.4, 0.5) is 18.9 Å². The molecule has 2 amide bonds. The van der Waals surface area contributed by atoms with Gasteiger partial charge in [-0.05, 0) is 78.7 Å². The number of hydrogen-bond acceptors (Lipinski definition) is 6. The van der Waals surface area contributed by atoms with Crippen molar-refractivity contribution in [2.75, 3.05) is 38.6 Å². The van der Waals surface area contributed by atoms with Gasteiger partial charge >= 0.3 is 6.18 Å². The van der Waals surface area contributed by atoms with Crippen LogP contribution >= 0.6 is 0 Å². The number of carbonyl (C=O) groups is 2. The third-order valence-corrected chi connectivity index (χ3v) is 8.49. The van der Waals surface area contributed by atoms with Gasteiger partial charge in [0.2, 0.25) is 5.88 Å². The van der Waals surface area contributed by atoms with Crippen molar-refractivity contribution in [3.8, 4) is 17.4 Å². The third kappa shape index (κ3) is 7.13. The number of amides is 2. The van der Waals surface area contributed by atoms with Gasteiger partial charge in [0, 0.05) is 62.3 Å². The summed E-state index contributed by atoms with van der Waals surface area (Å²) in [6, 6.07) is 21.1. The first-order chi connectivity index (χ1) is 23.0. The van der Waals surface area contributed by atoms with Gasteiger partial charge in [0.1, 0.15) is 17.2 Å². The van der Waals surface area contributed by atoms with Crippen LogP contribution in [-0.4, -0.2) is 64.5 Å². The predicted molar refractivity (Wildman–Crippen MR) is 176 cm³/mol. The summed E-state index contributed by atoms with van der Waals surface area (Å²) in [6.45, 7) is 5.41. The van der Waals surface area contributed by atoms with E-state index in [-0.39, 0.29) is 11.5 Å². The molecule has 1 aliphatic heterocycles. The molecule has 0 spiro atoms. The van der Waals surface area contributed by atoms with Crippen molar-refractivity contribution >= 4 is 28.4 Å². The molecule has 1 saturated heterocycles. The largest absolute Gasteiger partial charge is 0.497 e. The van der Waals surface area contributed by atoms with Crippen LogP contribution in [-0.2, 0) is 19.8 Å². The quantitative estimate of drug-likeness (QED) is 0.195. The number of carbonyl (C=O) groups excluding carboxylic acids is 2. The summed E-state index contributed by atoms with van der Waals surface area (Å²) in [7, 11) is 3.53. The molecule has 248 valence electrons. The standard InChI is InChI=1S/C36H34F3N5O4/c1-23-18-33(40-21-30(23)41-34(45)25-6-8-27(9-7-25)36(37,38)39)48-29-12-13-31-26(19-29)20-32(42(31)2)35(46)44-16-14-43(15-17-44)22-24-4-10-28(47-3)11-5-24/h4-13,18-21H,14-17,22H2,1-3H3,(H,41,45). The molecular formula is C36H34F3N5O4. The molecule has 0 unspecified atom stereocenters. The van der Waals surface area contributed by atoms with Gasteiger partial charge in [0.25, 0.3) is 11.8 Å². The van der Waals surface area contributed by atoms with E-state index < -0.39 is 17.6 Å². The maximum Gasteiger partial charge on any atom is 0.416 e. The zero-order valence-corrected chi connectivity index (χ0v) is 26.7. The summed E-state index contributed by atoms with van der Waals surface area (Å²) in [4.78, 5) is 34.7. The van der Waals surface area contributed by atoms with Crippen LogP contribution in [0, 0.1) is 6.92 Å². The van der Waals surface area contributed by atoms with E-state index in [0.29, 0.717) is 41.7 Å². The fourth-order valence-corrected chi connectivity index (χ4v) is 5.70. The lowest BCUT2D eigenvalue weighted by molar-refractivity contribution is -0.137. The Bertz CT molecular complexity index is 1950. The second-order valence-corrected chi connectivity index (χ2v) is 11.7. The number of aromatic nitrogens is 2. The van der Waals surface area contributed by atoms with E-state index in [4.69, 9.17) is 9.47 Å². The molecule has 1 fully saturated rings. The topological polar surface area (TPSA) is 88.9 Å². The molecule has 2 aromatic heterocycles. The van der Waals surface area contributed by atoms with Gasteiger partial charge in [0.15, 0.2) is 0 Å². The van der Waals surface area contributed by atoms with E-state index in [9.17, 15) is 22.8 Å². The normalized spacial score (nSPS) is 13.8. The number of rotatable bonds is 8.